The molecule has 3 aromatic rings. The van der Waals surface area contributed by atoms with Crippen LogP contribution in [0.25, 0.3) is 10.9 Å². The number of aryl methyl sites for hydroxylation is 2. The predicted octanol–water partition coefficient (Wildman–Crippen LogP) is 2.94. The molecule has 1 amide bonds. The normalized spacial score (nSPS) is 10.8. The standard InChI is InChI=1S/C18H16FN3O2/c1-11-10-12(19)6-7-14(11)21-17(23)9-8-16-20-15-5-3-2-4-13(15)18(24)22-16/h2-7,10H,8-9H2,1H3,(H,21,23)(H,20,22,24). The molecule has 2 N–H and O–H groups in total. The number of para-hydroxylation sites is 1. The van der Waals surface area contributed by atoms with E-state index in [0.717, 1.165) is 0 Å². The van der Waals surface area contributed by atoms with Crippen molar-refractivity contribution in [2.75, 3.05) is 5.32 Å². The van der Waals surface area contributed by atoms with Gasteiger partial charge >= 0.3 is 0 Å². The Morgan fingerprint density at radius 3 is 2.83 bits per heavy atom. The van der Waals surface area contributed by atoms with Gasteiger partial charge in [-0.25, -0.2) is 9.37 Å². The summed E-state index contributed by atoms with van der Waals surface area (Å²) in [5.74, 6) is -0.103. The molecule has 0 saturated carbocycles. The smallest absolute Gasteiger partial charge is 0.258 e. The van der Waals surface area contributed by atoms with Crippen LogP contribution in [0.2, 0.25) is 0 Å². The third kappa shape index (κ3) is 3.48. The lowest BCUT2D eigenvalue weighted by molar-refractivity contribution is -0.116. The van der Waals surface area contributed by atoms with Crippen LogP contribution < -0.4 is 10.9 Å². The number of H-pyrrole nitrogens is 1. The van der Waals surface area contributed by atoms with Crippen LogP contribution in [-0.4, -0.2) is 15.9 Å². The van der Waals surface area contributed by atoms with Crippen molar-refractivity contribution >= 4 is 22.5 Å². The fraction of sp³-hybridized carbons (Fsp3) is 0.167. The van der Waals surface area contributed by atoms with Crippen LogP contribution in [0.3, 0.4) is 0 Å². The van der Waals surface area contributed by atoms with Crippen molar-refractivity contribution in [3.63, 3.8) is 0 Å². The summed E-state index contributed by atoms with van der Waals surface area (Å²) in [6.45, 7) is 1.72. The summed E-state index contributed by atoms with van der Waals surface area (Å²) in [4.78, 5) is 31.1. The van der Waals surface area contributed by atoms with Crippen molar-refractivity contribution in [1.82, 2.24) is 9.97 Å². The van der Waals surface area contributed by atoms with Crippen LogP contribution in [0, 0.1) is 12.7 Å². The number of anilines is 1. The summed E-state index contributed by atoms with van der Waals surface area (Å²) in [5.41, 5.74) is 1.61. The maximum atomic E-state index is 13.1. The summed E-state index contributed by atoms with van der Waals surface area (Å²) >= 11 is 0. The molecule has 0 bridgehead atoms. The maximum absolute atomic E-state index is 13.1. The van der Waals surface area contributed by atoms with E-state index in [1.54, 1.807) is 25.1 Å². The van der Waals surface area contributed by atoms with Gasteiger partial charge in [0.05, 0.1) is 10.9 Å². The van der Waals surface area contributed by atoms with E-state index >= 15 is 0 Å². The lowest BCUT2D eigenvalue weighted by atomic mass is 10.2. The second-order valence-corrected chi connectivity index (χ2v) is 5.54. The molecule has 0 radical (unpaired) electrons. The number of hydrogen-bond acceptors (Lipinski definition) is 3. The van der Waals surface area contributed by atoms with E-state index in [1.807, 2.05) is 6.07 Å². The van der Waals surface area contributed by atoms with Crippen molar-refractivity contribution in [2.45, 2.75) is 19.8 Å². The van der Waals surface area contributed by atoms with Gasteiger partial charge in [-0.05, 0) is 42.8 Å². The zero-order valence-corrected chi connectivity index (χ0v) is 13.1. The van der Waals surface area contributed by atoms with E-state index in [1.165, 1.54) is 18.2 Å². The Balaban J connectivity index is 1.69. The number of carbonyl (C=O) groups excluding carboxylic acids is 1. The molecular formula is C18H16FN3O2. The molecule has 1 heterocycles. The van der Waals surface area contributed by atoms with Gasteiger partial charge < -0.3 is 10.3 Å². The van der Waals surface area contributed by atoms with Crippen LogP contribution in [0.1, 0.15) is 17.8 Å². The number of aromatic nitrogens is 2. The number of nitrogens with zero attached hydrogens (tertiary/aromatic N) is 1. The van der Waals surface area contributed by atoms with Gasteiger partial charge in [0.1, 0.15) is 11.6 Å². The summed E-state index contributed by atoms with van der Waals surface area (Å²) in [5, 5.41) is 3.26. The molecule has 0 unspecified atom stereocenters. The zero-order valence-electron chi connectivity index (χ0n) is 13.1. The van der Waals surface area contributed by atoms with Gasteiger partial charge in [0.2, 0.25) is 5.91 Å². The third-order valence-electron chi connectivity index (χ3n) is 3.71. The predicted molar refractivity (Wildman–Crippen MR) is 90.5 cm³/mol. The highest BCUT2D eigenvalue weighted by molar-refractivity contribution is 5.91. The minimum Gasteiger partial charge on any atom is -0.326 e. The highest BCUT2D eigenvalue weighted by atomic mass is 19.1. The topological polar surface area (TPSA) is 74.8 Å². The summed E-state index contributed by atoms with van der Waals surface area (Å²) < 4.78 is 13.1. The molecular weight excluding hydrogens is 309 g/mol. The minimum atomic E-state index is -0.344. The molecule has 5 nitrogen and oxygen atoms in total. The second kappa shape index (κ2) is 6.62. The Morgan fingerprint density at radius 2 is 2.04 bits per heavy atom. The quantitative estimate of drug-likeness (QED) is 0.774. The monoisotopic (exact) mass is 325 g/mol. The Labute approximate surface area is 137 Å². The lowest BCUT2D eigenvalue weighted by Crippen LogP contribution is -2.16. The van der Waals surface area contributed by atoms with E-state index in [0.29, 0.717) is 34.4 Å². The number of fused-ring (bicyclic) bond motifs is 1. The van der Waals surface area contributed by atoms with Gasteiger partial charge in [-0.1, -0.05) is 12.1 Å². The molecule has 6 heteroatoms. The van der Waals surface area contributed by atoms with Gasteiger partial charge in [0.15, 0.2) is 0 Å². The number of carbonyl (C=O) groups is 1. The Kier molecular flexibility index (Phi) is 4.37. The Morgan fingerprint density at radius 1 is 1.25 bits per heavy atom. The Bertz CT molecular complexity index is 966. The fourth-order valence-electron chi connectivity index (χ4n) is 2.47. The van der Waals surface area contributed by atoms with E-state index in [2.05, 4.69) is 15.3 Å². The lowest BCUT2D eigenvalue weighted by Gasteiger charge is -2.08. The van der Waals surface area contributed by atoms with Crippen molar-refractivity contribution < 1.29 is 9.18 Å². The molecule has 3 rings (SSSR count). The molecule has 1 aromatic heterocycles. The van der Waals surface area contributed by atoms with Gasteiger partial charge in [0.25, 0.3) is 5.56 Å². The highest BCUT2D eigenvalue weighted by Crippen LogP contribution is 2.16. The molecule has 0 aliphatic carbocycles. The number of amides is 1. The van der Waals surface area contributed by atoms with E-state index < -0.39 is 0 Å². The van der Waals surface area contributed by atoms with Crippen LogP contribution in [0.4, 0.5) is 10.1 Å². The summed E-state index contributed by atoms with van der Waals surface area (Å²) in [7, 11) is 0. The third-order valence-corrected chi connectivity index (χ3v) is 3.71. The molecule has 0 spiro atoms. The van der Waals surface area contributed by atoms with Crippen LogP contribution in [0.5, 0.6) is 0 Å². The van der Waals surface area contributed by atoms with E-state index in [9.17, 15) is 14.0 Å². The van der Waals surface area contributed by atoms with Crippen molar-refractivity contribution in [2.24, 2.45) is 0 Å². The molecule has 0 atom stereocenters. The number of aromatic amines is 1. The molecule has 0 saturated heterocycles. The van der Waals surface area contributed by atoms with Gasteiger partial charge in [-0.2, -0.15) is 0 Å². The van der Waals surface area contributed by atoms with Crippen LogP contribution >= 0.6 is 0 Å². The average Bonchev–Trinajstić information content (AvgIpc) is 2.56. The first kappa shape index (κ1) is 15.9. The minimum absolute atomic E-state index is 0.165. The van der Waals surface area contributed by atoms with Gasteiger partial charge in [0, 0.05) is 18.5 Å². The number of halogens is 1. The summed E-state index contributed by atoms with van der Waals surface area (Å²) in [6, 6.07) is 11.2. The fourth-order valence-corrected chi connectivity index (χ4v) is 2.47. The summed E-state index contributed by atoms with van der Waals surface area (Å²) in [6.07, 6.45) is 0.476. The molecule has 122 valence electrons. The maximum Gasteiger partial charge on any atom is 0.258 e. The van der Waals surface area contributed by atoms with Crippen molar-refractivity contribution in [3.05, 3.63) is 70.0 Å². The number of benzene rings is 2. The largest absolute Gasteiger partial charge is 0.326 e. The average molecular weight is 325 g/mol. The molecule has 0 fully saturated rings. The van der Waals surface area contributed by atoms with Gasteiger partial charge in [-0.15, -0.1) is 0 Å². The number of nitrogens with one attached hydrogen (secondary N) is 2. The number of hydrogen-bond donors (Lipinski definition) is 2. The molecule has 0 aliphatic heterocycles. The highest BCUT2D eigenvalue weighted by Gasteiger charge is 2.08. The van der Waals surface area contributed by atoms with Crippen molar-refractivity contribution in [1.29, 1.82) is 0 Å². The molecule has 24 heavy (non-hydrogen) atoms. The zero-order chi connectivity index (χ0) is 17.1. The van der Waals surface area contributed by atoms with E-state index in [-0.39, 0.29) is 23.7 Å². The first-order chi connectivity index (χ1) is 11.5. The first-order valence-electron chi connectivity index (χ1n) is 7.57. The first-order valence-corrected chi connectivity index (χ1v) is 7.57. The SMILES string of the molecule is Cc1cc(F)ccc1NC(=O)CCc1nc2ccccc2c(=O)[nH]1. The van der Waals surface area contributed by atoms with Crippen LogP contribution in [0.15, 0.2) is 47.3 Å². The Hall–Kier alpha value is -3.02. The second-order valence-electron chi connectivity index (χ2n) is 5.54. The number of rotatable bonds is 4. The molecule has 2 aromatic carbocycles. The molecule has 0 aliphatic rings. The van der Waals surface area contributed by atoms with Crippen LogP contribution in [-0.2, 0) is 11.2 Å². The van der Waals surface area contributed by atoms with E-state index in [4.69, 9.17) is 0 Å². The van der Waals surface area contributed by atoms with Crippen molar-refractivity contribution in [3.8, 4) is 0 Å². The van der Waals surface area contributed by atoms with Gasteiger partial charge in [-0.3, -0.25) is 9.59 Å².